The number of non-ortho nitro benzene ring substituents is 1. The number of nitro benzene ring substituents is 1. The lowest BCUT2D eigenvalue weighted by Gasteiger charge is -2.36. The van der Waals surface area contributed by atoms with Gasteiger partial charge in [0.2, 0.25) is 0 Å². The van der Waals surface area contributed by atoms with E-state index in [9.17, 15) is 24.8 Å². The summed E-state index contributed by atoms with van der Waals surface area (Å²) in [6, 6.07) is 5.42. The fourth-order valence-electron chi connectivity index (χ4n) is 3.05. The normalized spacial score (nSPS) is 22.2. The first-order chi connectivity index (χ1) is 12.1. The SMILES string of the molecule is COC(=O)NN1C(C)=C(C(=O)OC)C(c2ccc([N+](=O)[O-])cc2)C1(C)O. The van der Waals surface area contributed by atoms with Crippen LogP contribution in [0.4, 0.5) is 10.5 Å². The van der Waals surface area contributed by atoms with Crippen LogP contribution in [0.1, 0.15) is 25.3 Å². The van der Waals surface area contributed by atoms with Gasteiger partial charge in [-0.2, -0.15) is 0 Å². The summed E-state index contributed by atoms with van der Waals surface area (Å²) >= 11 is 0. The zero-order valence-corrected chi connectivity index (χ0v) is 14.7. The minimum Gasteiger partial charge on any atom is -0.466 e. The van der Waals surface area contributed by atoms with Gasteiger partial charge in [-0.3, -0.25) is 15.1 Å². The number of carbonyl (C=O) groups is 2. The van der Waals surface area contributed by atoms with Crippen LogP contribution in [0.25, 0.3) is 0 Å². The topological polar surface area (TPSA) is 131 Å². The Hall–Kier alpha value is -3.14. The van der Waals surface area contributed by atoms with Crippen molar-refractivity contribution in [2.24, 2.45) is 0 Å². The van der Waals surface area contributed by atoms with Crippen molar-refractivity contribution in [2.45, 2.75) is 25.5 Å². The Bertz CT molecular complexity index is 771. The van der Waals surface area contributed by atoms with Crippen molar-refractivity contribution >= 4 is 17.7 Å². The van der Waals surface area contributed by atoms with Crippen molar-refractivity contribution in [3.05, 3.63) is 51.2 Å². The van der Waals surface area contributed by atoms with Crippen molar-refractivity contribution in [3.63, 3.8) is 0 Å². The van der Waals surface area contributed by atoms with Gasteiger partial charge in [0.25, 0.3) is 5.69 Å². The van der Waals surface area contributed by atoms with E-state index in [1.165, 1.54) is 45.2 Å². The van der Waals surface area contributed by atoms with Gasteiger partial charge in [-0.1, -0.05) is 12.1 Å². The summed E-state index contributed by atoms with van der Waals surface area (Å²) in [6.07, 6.45) is -0.835. The molecule has 0 bridgehead atoms. The number of amides is 1. The van der Waals surface area contributed by atoms with Crippen LogP contribution in [0, 0.1) is 10.1 Å². The molecule has 0 spiro atoms. The highest BCUT2D eigenvalue weighted by Crippen LogP contribution is 2.46. The molecule has 0 saturated heterocycles. The molecule has 1 aromatic rings. The number of rotatable bonds is 4. The minimum absolute atomic E-state index is 0.114. The third-order valence-electron chi connectivity index (χ3n) is 4.24. The lowest BCUT2D eigenvalue weighted by Crippen LogP contribution is -2.54. The number of hydrogen-bond donors (Lipinski definition) is 2. The molecule has 10 heteroatoms. The molecule has 2 N–H and O–H groups in total. The van der Waals surface area contributed by atoms with Gasteiger partial charge >= 0.3 is 12.1 Å². The summed E-state index contributed by atoms with van der Waals surface area (Å²) in [5.74, 6) is -1.62. The summed E-state index contributed by atoms with van der Waals surface area (Å²) in [7, 11) is 2.36. The fraction of sp³-hybridized carbons (Fsp3) is 0.375. The van der Waals surface area contributed by atoms with Crippen molar-refractivity contribution in [1.82, 2.24) is 10.4 Å². The van der Waals surface area contributed by atoms with E-state index in [0.29, 0.717) is 5.56 Å². The zero-order valence-electron chi connectivity index (χ0n) is 14.7. The van der Waals surface area contributed by atoms with Gasteiger partial charge in [-0.15, -0.1) is 0 Å². The number of carbonyl (C=O) groups excluding carboxylic acids is 2. The molecule has 2 atom stereocenters. The van der Waals surface area contributed by atoms with Crippen molar-refractivity contribution in [2.75, 3.05) is 14.2 Å². The number of hydrazine groups is 1. The van der Waals surface area contributed by atoms with E-state index in [1.54, 1.807) is 0 Å². The van der Waals surface area contributed by atoms with E-state index in [-0.39, 0.29) is 17.0 Å². The molecule has 26 heavy (non-hydrogen) atoms. The highest BCUT2D eigenvalue weighted by molar-refractivity contribution is 5.92. The van der Waals surface area contributed by atoms with Crippen molar-refractivity contribution in [1.29, 1.82) is 0 Å². The average molecular weight is 365 g/mol. The predicted molar refractivity (Wildman–Crippen MR) is 88.6 cm³/mol. The second-order valence-electron chi connectivity index (χ2n) is 5.81. The molecule has 2 rings (SSSR count). The van der Waals surface area contributed by atoms with E-state index in [2.05, 4.69) is 10.2 Å². The van der Waals surface area contributed by atoms with Gasteiger partial charge < -0.3 is 14.6 Å². The predicted octanol–water partition coefficient (Wildman–Crippen LogP) is 1.42. The van der Waals surface area contributed by atoms with Crippen LogP contribution in [-0.2, 0) is 14.3 Å². The highest BCUT2D eigenvalue weighted by Gasteiger charge is 2.52. The molecule has 1 aliphatic rings. The van der Waals surface area contributed by atoms with E-state index < -0.39 is 28.6 Å². The van der Waals surface area contributed by atoms with Gasteiger partial charge in [0.1, 0.15) is 0 Å². The number of aliphatic hydroxyl groups is 1. The summed E-state index contributed by atoms with van der Waals surface area (Å²) < 4.78 is 9.35. The Morgan fingerprint density at radius 2 is 1.85 bits per heavy atom. The van der Waals surface area contributed by atoms with E-state index in [4.69, 9.17) is 4.74 Å². The molecular formula is C16H19N3O7. The monoisotopic (exact) mass is 365 g/mol. The van der Waals surface area contributed by atoms with Crippen LogP contribution in [0.2, 0.25) is 0 Å². The average Bonchev–Trinajstić information content (AvgIpc) is 2.81. The Labute approximate surface area is 149 Å². The van der Waals surface area contributed by atoms with Gasteiger partial charge in [-0.05, 0) is 19.4 Å². The van der Waals surface area contributed by atoms with Gasteiger partial charge in [0, 0.05) is 17.8 Å². The van der Waals surface area contributed by atoms with Crippen molar-refractivity contribution in [3.8, 4) is 0 Å². The molecule has 1 aliphatic heterocycles. The second-order valence-corrected chi connectivity index (χ2v) is 5.81. The maximum absolute atomic E-state index is 12.3. The lowest BCUT2D eigenvalue weighted by molar-refractivity contribution is -0.384. The Morgan fingerprint density at radius 3 is 2.31 bits per heavy atom. The minimum atomic E-state index is -1.75. The highest BCUT2D eigenvalue weighted by atomic mass is 16.6. The first-order valence-electron chi connectivity index (χ1n) is 7.55. The number of methoxy groups -OCH3 is 2. The zero-order chi connectivity index (χ0) is 19.6. The summed E-state index contributed by atoms with van der Waals surface area (Å²) in [6.45, 7) is 2.93. The largest absolute Gasteiger partial charge is 0.466 e. The van der Waals surface area contributed by atoms with E-state index in [1.807, 2.05) is 0 Å². The van der Waals surface area contributed by atoms with E-state index in [0.717, 1.165) is 12.1 Å². The number of nitrogens with one attached hydrogen (secondary N) is 1. The number of esters is 1. The fourth-order valence-corrected chi connectivity index (χ4v) is 3.05. The third kappa shape index (κ3) is 3.18. The molecule has 0 fully saturated rings. The molecule has 0 aliphatic carbocycles. The van der Waals surface area contributed by atoms with Gasteiger partial charge in [0.05, 0.1) is 30.6 Å². The third-order valence-corrected chi connectivity index (χ3v) is 4.24. The molecule has 0 saturated carbocycles. The Morgan fingerprint density at radius 1 is 1.27 bits per heavy atom. The van der Waals surface area contributed by atoms with Crippen LogP contribution in [-0.4, -0.2) is 47.0 Å². The first kappa shape index (κ1) is 19.2. The van der Waals surface area contributed by atoms with Crippen LogP contribution in [0.5, 0.6) is 0 Å². The van der Waals surface area contributed by atoms with Crippen LogP contribution >= 0.6 is 0 Å². The molecule has 1 heterocycles. The van der Waals surface area contributed by atoms with E-state index >= 15 is 0 Å². The van der Waals surface area contributed by atoms with Crippen molar-refractivity contribution < 1.29 is 29.1 Å². The number of nitrogens with zero attached hydrogens (tertiary/aromatic N) is 2. The maximum Gasteiger partial charge on any atom is 0.425 e. The molecule has 0 aromatic heterocycles. The first-order valence-corrected chi connectivity index (χ1v) is 7.55. The standard InChI is InChI=1S/C16H19N3O7/c1-9-12(14(20)25-3)13(10-5-7-11(8-6-10)19(23)24)16(2,22)18(9)17-15(21)26-4/h5-8,13,22H,1-4H3,(H,17,21). The summed E-state index contributed by atoms with van der Waals surface area (Å²) in [5.41, 5.74) is 1.29. The molecule has 140 valence electrons. The molecular weight excluding hydrogens is 346 g/mol. The Balaban J connectivity index is 2.55. The second kappa shape index (κ2) is 7.00. The smallest absolute Gasteiger partial charge is 0.425 e. The van der Waals surface area contributed by atoms with Crippen LogP contribution in [0.15, 0.2) is 35.5 Å². The number of benzene rings is 1. The Kier molecular flexibility index (Phi) is 5.17. The summed E-state index contributed by atoms with van der Waals surface area (Å²) in [5, 5.41) is 23.0. The number of ether oxygens (including phenoxy) is 2. The molecule has 1 aromatic carbocycles. The quantitative estimate of drug-likeness (QED) is 0.465. The summed E-state index contributed by atoms with van der Waals surface area (Å²) in [4.78, 5) is 34.2. The van der Waals surface area contributed by atoms with Gasteiger partial charge in [-0.25, -0.2) is 15.0 Å². The van der Waals surface area contributed by atoms with Gasteiger partial charge in [0.15, 0.2) is 5.72 Å². The van der Waals surface area contributed by atoms with Crippen LogP contribution < -0.4 is 5.43 Å². The number of allylic oxidation sites excluding steroid dienone is 1. The number of hydrogen-bond acceptors (Lipinski definition) is 8. The molecule has 2 unspecified atom stereocenters. The molecule has 10 nitrogen and oxygen atoms in total. The maximum atomic E-state index is 12.3. The lowest BCUT2D eigenvalue weighted by atomic mass is 9.85. The number of nitro groups is 1. The molecule has 1 amide bonds. The molecule has 0 radical (unpaired) electrons. The van der Waals surface area contributed by atoms with Crippen LogP contribution in [0.3, 0.4) is 0 Å².